The van der Waals surface area contributed by atoms with Gasteiger partial charge in [-0.3, -0.25) is 0 Å². The van der Waals surface area contributed by atoms with Gasteiger partial charge in [0, 0.05) is 0 Å². The van der Waals surface area contributed by atoms with Gasteiger partial charge in [0.25, 0.3) is 0 Å². The SMILES string of the molecule is CC#CC.CC(C)=CC=C(C)C.CCCC/C(C)=C\N. The molecule has 2 N–H and O–H groups in total. The fraction of sp³-hybridized carbons (Fsp3) is 0.579. The summed E-state index contributed by atoms with van der Waals surface area (Å²) >= 11 is 0. The van der Waals surface area contributed by atoms with Crippen molar-refractivity contribution < 1.29 is 0 Å². The van der Waals surface area contributed by atoms with Gasteiger partial charge >= 0.3 is 0 Å². The van der Waals surface area contributed by atoms with E-state index in [0.717, 1.165) is 6.42 Å². The van der Waals surface area contributed by atoms with Crippen molar-refractivity contribution in [2.75, 3.05) is 0 Å². The van der Waals surface area contributed by atoms with Crippen LogP contribution in [0.25, 0.3) is 0 Å². The summed E-state index contributed by atoms with van der Waals surface area (Å²) in [7, 11) is 0. The highest BCUT2D eigenvalue weighted by atomic mass is 14.5. The van der Waals surface area contributed by atoms with Crippen LogP contribution in [0.3, 0.4) is 0 Å². The summed E-state index contributed by atoms with van der Waals surface area (Å²) in [6.45, 7) is 16.3. The lowest BCUT2D eigenvalue weighted by atomic mass is 10.1. The molecule has 1 nitrogen and oxygen atoms in total. The molecule has 0 aromatic heterocycles. The van der Waals surface area contributed by atoms with Crippen LogP contribution in [0.15, 0.2) is 35.1 Å². The van der Waals surface area contributed by atoms with E-state index >= 15 is 0 Å². The molecule has 0 fully saturated rings. The maximum Gasteiger partial charge on any atom is -0.00271 e. The summed E-state index contributed by atoms with van der Waals surface area (Å²) in [5.74, 6) is 5.36. The Morgan fingerprint density at radius 1 is 0.900 bits per heavy atom. The van der Waals surface area contributed by atoms with E-state index in [-0.39, 0.29) is 0 Å². The molecule has 0 saturated carbocycles. The van der Waals surface area contributed by atoms with Crippen LogP contribution in [0.4, 0.5) is 0 Å². The minimum Gasteiger partial charge on any atom is -0.405 e. The summed E-state index contributed by atoms with van der Waals surface area (Å²) in [6.07, 6.45) is 9.61. The molecule has 0 aromatic rings. The van der Waals surface area contributed by atoms with Crippen LogP contribution in [0.1, 0.15) is 74.7 Å². The lowest BCUT2D eigenvalue weighted by molar-refractivity contribution is 0.785. The molecular weight excluding hydrogens is 242 g/mol. The predicted octanol–water partition coefficient (Wildman–Crippen LogP) is 5.99. The van der Waals surface area contributed by atoms with E-state index in [0.29, 0.717) is 0 Å². The third-order valence-corrected chi connectivity index (χ3v) is 2.21. The smallest absolute Gasteiger partial charge is 0.00271 e. The Balaban J connectivity index is -0.000000230. The van der Waals surface area contributed by atoms with E-state index in [2.05, 4.69) is 65.5 Å². The molecule has 0 unspecified atom stereocenters. The Morgan fingerprint density at radius 2 is 1.30 bits per heavy atom. The van der Waals surface area contributed by atoms with E-state index in [9.17, 15) is 0 Å². The topological polar surface area (TPSA) is 26.0 Å². The first-order valence-corrected chi connectivity index (χ1v) is 7.34. The van der Waals surface area contributed by atoms with Crippen LogP contribution >= 0.6 is 0 Å². The molecule has 1 heteroatoms. The van der Waals surface area contributed by atoms with Crippen molar-refractivity contribution in [1.29, 1.82) is 0 Å². The van der Waals surface area contributed by atoms with Gasteiger partial charge in [-0.2, -0.15) is 0 Å². The fourth-order valence-corrected chi connectivity index (χ4v) is 0.872. The first-order valence-electron chi connectivity index (χ1n) is 7.34. The second-order valence-corrected chi connectivity index (χ2v) is 5.10. The highest BCUT2D eigenvalue weighted by molar-refractivity contribution is 5.12. The Morgan fingerprint density at radius 3 is 1.50 bits per heavy atom. The summed E-state index contributed by atoms with van der Waals surface area (Å²) in [5.41, 5.74) is 9.25. The Bertz CT molecular complexity index is 316. The van der Waals surface area contributed by atoms with Gasteiger partial charge in [-0.05, 0) is 67.5 Å². The normalized spacial score (nSPS) is 8.70. The standard InChI is InChI=1S/C8H14.C7H15N.C4H6/c1-7(2)5-6-8(3)4;1-3-4-5-7(2)6-8;1-3-4-2/h5-6H,1-4H3;6H,3-5,8H2,1-2H3;1-2H3/b;7-6-;. The molecule has 0 heterocycles. The molecular formula is C19H35N. The maximum absolute atomic E-state index is 5.25. The van der Waals surface area contributed by atoms with Gasteiger partial charge in [-0.1, -0.05) is 42.2 Å². The van der Waals surface area contributed by atoms with Gasteiger partial charge in [-0.15, -0.1) is 11.8 Å². The Hall–Kier alpha value is -1.42. The Labute approximate surface area is 128 Å². The van der Waals surface area contributed by atoms with Crippen molar-refractivity contribution in [3.8, 4) is 11.8 Å². The van der Waals surface area contributed by atoms with E-state index < -0.39 is 0 Å². The quantitative estimate of drug-likeness (QED) is 0.496. The molecule has 0 rings (SSSR count). The molecule has 0 bridgehead atoms. The summed E-state index contributed by atoms with van der Waals surface area (Å²) < 4.78 is 0. The molecule has 0 aliphatic heterocycles. The van der Waals surface area contributed by atoms with E-state index in [1.54, 1.807) is 6.20 Å². The second-order valence-electron chi connectivity index (χ2n) is 5.10. The molecule has 0 saturated heterocycles. The van der Waals surface area contributed by atoms with Gasteiger partial charge in [0.1, 0.15) is 0 Å². The van der Waals surface area contributed by atoms with Crippen molar-refractivity contribution in [1.82, 2.24) is 0 Å². The van der Waals surface area contributed by atoms with Crippen LogP contribution in [0.2, 0.25) is 0 Å². The zero-order chi connectivity index (χ0) is 16.4. The third kappa shape index (κ3) is 36.0. The fourth-order valence-electron chi connectivity index (χ4n) is 0.872. The van der Waals surface area contributed by atoms with Crippen molar-refractivity contribution >= 4 is 0 Å². The summed E-state index contributed by atoms with van der Waals surface area (Å²) in [6, 6.07) is 0. The molecule has 0 radical (unpaired) electrons. The van der Waals surface area contributed by atoms with Crippen molar-refractivity contribution in [3.05, 3.63) is 35.1 Å². The Kier molecular flexibility index (Phi) is 23.5. The van der Waals surface area contributed by atoms with Crippen molar-refractivity contribution in [3.63, 3.8) is 0 Å². The number of hydrogen-bond donors (Lipinski definition) is 1. The molecule has 20 heavy (non-hydrogen) atoms. The monoisotopic (exact) mass is 277 g/mol. The van der Waals surface area contributed by atoms with Gasteiger partial charge in [0.2, 0.25) is 0 Å². The minimum absolute atomic E-state index is 1.16. The minimum atomic E-state index is 1.16. The molecule has 0 amide bonds. The van der Waals surface area contributed by atoms with Crippen LogP contribution in [0.5, 0.6) is 0 Å². The molecule has 0 atom stereocenters. The number of hydrogen-bond acceptors (Lipinski definition) is 1. The predicted molar refractivity (Wildman–Crippen MR) is 95.5 cm³/mol. The van der Waals surface area contributed by atoms with E-state index in [1.807, 2.05) is 13.8 Å². The molecule has 0 aliphatic rings. The summed E-state index contributed by atoms with van der Waals surface area (Å²) in [5, 5.41) is 0. The van der Waals surface area contributed by atoms with Gasteiger partial charge in [0.05, 0.1) is 0 Å². The molecule has 116 valence electrons. The van der Waals surface area contributed by atoms with E-state index in [1.165, 1.54) is 29.6 Å². The van der Waals surface area contributed by atoms with Crippen LogP contribution in [-0.2, 0) is 0 Å². The zero-order valence-electron chi connectivity index (χ0n) is 14.9. The third-order valence-electron chi connectivity index (χ3n) is 2.21. The van der Waals surface area contributed by atoms with Crippen LogP contribution in [-0.4, -0.2) is 0 Å². The highest BCUT2D eigenvalue weighted by Crippen LogP contribution is 2.02. The molecule has 0 aliphatic carbocycles. The lowest BCUT2D eigenvalue weighted by Crippen LogP contribution is -1.83. The van der Waals surface area contributed by atoms with Gasteiger partial charge in [-0.25, -0.2) is 0 Å². The highest BCUT2D eigenvalue weighted by Gasteiger charge is 1.84. The molecule has 0 spiro atoms. The second kappa shape index (κ2) is 19.9. The van der Waals surface area contributed by atoms with Crippen molar-refractivity contribution in [2.24, 2.45) is 5.73 Å². The van der Waals surface area contributed by atoms with E-state index in [4.69, 9.17) is 5.73 Å². The average Bonchev–Trinajstić information content (AvgIpc) is 2.43. The zero-order valence-corrected chi connectivity index (χ0v) is 14.9. The van der Waals surface area contributed by atoms with Gasteiger partial charge in [0.15, 0.2) is 0 Å². The first kappa shape index (κ1) is 23.7. The number of nitrogens with two attached hydrogens (primary N) is 1. The number of rotatable bonds is 4. The average molecular weight is 277 g/mol. The summed E-state index contributed by atoms with van der Waals surface area (Å²) in [4.78, 5) is 0. The molecule has 0 aromatic carbocycles. The largest absolute Gasteiger partial charge is 0.405 e. The number of allylic oxidation sites excluding steroid dienone is 5. The van der Waals surface area contributed by atoms with Crippen LogP contribution < -0.4 is 5.73 Å². The number of unbranched alkanes of at least 4 members (excludes halogenated alkanes) is 1. The first-order chi connectivity index (χ1) is 9.35. The van der Waals surface area contributed by atoms with Gasteiger partial charge < -0.3 is 5.73 Å². The van der Waals surface area contributed by atoms with Crippen LogP contribution in [0, 0.1) is 11.8 Å². The lowest BCUT2D eigenvalue weighted by Gasteiger charge is -1.94. The van der Waals surface area contributed by atoms with Crippen molar-refractivity contribution in [2.45, 2.75) is 74.7 Å². The maximum atomic E-state index is 5.25.